The Morgan fingerprint density at radius 3 is 2.32 bits per heavy atom. The Kier molecular flexibility index (Phi) is 6.38. The summed E-state index contributed by atoms with van der Waals surface area (Å²) in [6.45, 7) is 7.50. The van der Waals surface area contributed by atoms with Gasteiger partial charge in [0, 0.05) is 6.54 Å². The van der Waals surface area contributed by atoms with Crippen molar-refractivity contribution < 1.29 is 12.8 Å². The van der Waals surface area contributed by atoms with Gasteiger partial charge in [-0.05, 0) is 80.4 Å². The molecule has 0 spiro atoms. The Bertz CT molecular complexity index is 1530. The second-order valence-corrected chi connectivity index (χ2v) is 10.1. The van der Waals surface area contributed by atoms with Crippen LogP contribution in [0.25, 0.3) is 16.6 Å². The SMILES string of the molecule is CCN(C(C)c1nc2ccccc2c(=O)n1-c1ccc(C)c(C)c1)S(=O)(=O)c1ccc(F)cc1. The van der Waals surface area contributed by atoms with Crippen LogP contribution in [-0.4, -0.2) is 28.8 Å². The van der Waals surface area contributed by atoms with Gasteiger partial charge in [0.1, 0.15) is 11.6 Å². The highest BCUT2D eigenvalue weighted by Crippen LogP contribution is 2.28. The number of aryl methyl sites for hydroxylation is 2. The second-order valence-electron chi connectivity index (χ2n) is 8.23. The van der Waals surface area contributed by atoms with Crippen molar-refractivity contribution in [3.05, 3.63) is 99.9 Å². The first-order valence-electron chi connectivity index (χ1n) is 11.0. The molecular weight excluding hydrogens is 453 g/mol. The van der Waals surface area contributed by atoms with Gasteiger partial charge in [-0.25, -0.2) is 17.8 Å². The van der Waals surface area contributed by atoms with Gasteiger partial charge >= 0.3 is 0 Å². The normalized spacial score (nSPS) is 12.9. The van der Waals surface area contributed by atoms with Crippen molar-refractivity contribution in [1.29, 1.82) is 0 Å². The number of rotatable bonds is 6. The van der Waals surface area contributed by atoms with E-state index in [9.17, 15) is 17.6 Å². The van der Waals surface area contributed by atoms with Gasteiger partial charge in [0.05, 0.1) is 27.5 Å². The van der Waals surface area contributed by atoms with E-state index >= 15 is 0 Å². The zero-order chi connectivity index (χ0) is 24.6. The first kappa shape index (κ1) is 23.8. The van der Waals surface area contributed by atoms with E-state index in [-0.39, 0.29) is 17.0 Å². The van der Waals surface area contributed by atoms with E-state index in [1.165, 1.54) is 21.0 Å². The third-order valence-electron chi connectivity index (χ3n) is 6.09. The molecule has 0 fully saturated rings. The molecule has 0 aliphatic heterocycles. The maximum absolute atomic E-state index is 13.6. The summed E-state index contributed by atoms with van der Waals surface area (Å²) in [5.41, 5.74) is 2.91. The summed E-state index contributed by atoms with van der Waals surface area (Å²) in [5.74, 6) is -0.214. The van der Waals surface area contributed by atoms with Crippen LogP contribution in [0.1, 0.15) is 36.8 Å². The highest BCUT2D eigenvalue weighted by molar-refractivity contribution is 7.89. The standard InChI is InChI=1S/C26H26FN3O3S/c1-5-29(34(32,33)22-14-11-20(27)12-15-22)19(4)25-28-24-9-7-6-8-23(24)26(31)30(25)21-13-10-17(2)18(3)16-21/h6-16,19H,5H2,1-4H3. The number of hydrogen-bond acceptors (Lipinski definition) is 4. The Morgan fingerprint density at radius 1 is 1.00 bits per heavy atom. The minimum absolute atomic E-state index is 0.0246. The summed E-state index contributed by atoms with van der Waals surface area (Å²) < 4.78 is 43.1. The van der Waals surface area contributed by atoms with Crippen molar-refractivity contribution in [2.24, 2.45) is 0 Å². The van der Waals surface area contributed by atoms with Gasteiger partial charge in [-0.1, -0.05) is 25.1 Å². The molecule has 0 amide bonds. The molecule has 6 nitrogen and oxygen atoms in total. The largest absolute Gasteiger partial charge is 0.268 e. The van der Waals surface area contributed by atoms with Crippen molar-refractivity contribution >= 4 is 20.9 Å². The maximum atomic E-state index is 13.6. The van der Waals surface area contributed by atoms with Gasteiger partial charge in [-0.15, -0.1) is 0 Å². The summed E-state index contributed by atoms with van der Waals surface area (Å²) in [5, 5.41) is 0.445. The molecular formula is C26H26FN3O3S. The van der Waals surface area contributed by atoms with Crippen LogP contribution in [0.2, 0.25) is 0 Å². The lowest BCUT2D eigenvalue weighted by Gasteiger charge is -2.29. The molecule has 1 atom stereocenters. The smallest absolute Gasteiger partial charge is 0.266 e. The molecule has 1 aromatic heterocycles. The van der Waals surface area contributed by atoms with E-state index in [0.717, 1.165) is 23.3 Å². The molecule has 176 valence electrons. The van der Waals surface area contributed by atoms with Gasteiger partial charge in [-0.2, -0.15) is 4.31 Å². The van der Waals surface area contributed by atoms with Crippen molar-refractivity contribution in [3.63, 3.8) is 0 Å². The van der Waals surface area contributed by atoms with Crippen molar-refractivity contribution in [2.45, 2.75) is 38.6 Å². The molecule has 0 radical (unpaired) electrons. The fraction of sp³-hybridized carbons (Fsp3) is 0.231. The molecule has 34 heavy (non-hydrogen) atoms. The first-order valence-corrected chi connectivity index (χ1v) is 12.5. The van der Waals surface area contributed by atoms with Crippen LogP contribution in [0.3, 0.4) is 0 Å². The molecule has 0 aliphatic carbocycles. The van der Waals surface area contributed by atoms with E-state index < -0.39 is 21.9 Å². The third kappa shape index (κ3) is 4.15. The molecule has 1 unspecified atom stereocenters. The van der Waals surface area contributed by atoms with Gasteiger partial charge in [-0.3, -0.25) is 9.36 Å². The number of hydrogen-bond donors (Lipinski definition) is 0. The predicted molar refractivity (Wildman–Crippen MR) is 131 cm³/mol. The summed E-state index contributed by atoms with van der Waals surface area (Å²) in [4.78, 5) is 18.4. The Morgan fingerprint density at radius 2 is 1.68 bits per heavy atom. The van der Waals surface area contributed by atoms with Crippen molar-refractivity contribution in [2.75, 3.05) is 6.54 Å². The minimum Gasteiger partial charge on any atom is -0.268 e. The van der Waals surface area contributed by atoms with Crippen LogP contribution in [0, 0.1) is 19.7 Å². The van der Waals surface area contributed by atoms with E-state index in [4.69, 9.17) is 4.98 Å². The van der Waals surface area contributed by atoms with Crippen LogP contribution in [0.4, 0.5) is 4.39 Å². The lowest BCUT2D eigenvalue weighted by molar-refractivity contribution is 0.340. The Balaban J connectivity index is 1.95. The molecule has 0 N–H and O–H groups in total. The van der Waals surface area contributed by atoms with Crippen LogP contribution >= 0.6 is 0 Å². The summed E-state index contributed by atoms with van der Waals surface area (Å²) in [7, 11) is -3.98. The average molecular weight is 480 g/mol. The molecule has 0 bridgehead atoms. The monoisotopic (exact) mass is 479 g/mol. The number of para-hydroxylation sites is 1. The molecule has 0 aliphatic rings. The fourth-order valence-electron chi connectivity index (χ4n) is 4.07. The average Bonchev–Trinajstić information content (AvgIpc) is 2.81. The molecule has 4 aromatic rings. The summed E-state index contributed by atoms with van der Waals surface area (Å²) in [6, 6.07) is 16.6. The van der Waals surface area contributed by atoms with E-state index in [2.05, 4.69) is 0 Å². The molecule has 1 heterocycles. The number of halogens is 1. The van der Waals surface area contributed by atoms with Crippen LogP contribution in [0.5, 0.6) is 0 Å². The third-order valence-corrected chi connectivity index (χ3v) is 8.15. The van der Waals surface area contributed by atoms with Crippen LogP contribution < -0.4 is 5.56 Å². The highest BCUT2D eigenvalue weighted by atomic mass is 32.2. The predicted octanol–water partition coefficient (Wildman–Crippen LogP) is 4.91. The van der Waals surface area contributed by atoms with E-state index in [1.807, 2.05) is 32.0 Å². The molecule has 3 aromatic carbocycles. The Hall–Kier alpha value is -3.36. The van der Waals surface area contributed by atoms with E-state index in [1.54, 1.807) is 38.1 Å². The molecule has 4 rings (SSSR count). The van der Waals surface area contributed by atoms with Crippen LogP contribution in [-0.2, 0) is 10.0 Å². The summed E-state index contributed by atoms with van der Waals surface area (Å²) >= 11 is 0. The fourth-order valence-corrected chi connectivity index (χ4v) is 5.67. The molecule has 8 heteroatoms. The second kappa shape index (κ2) is 9.12. The lowest BCUT2D eigenvalue weighted by atomic mass is 10.1. The van der Waals surface area contributed by atoms with E-state index in [0.29, 0.717) is 22.4 Å². The van der Waals surface area contributed by atoms with Crippen molar-refractivity contribution in [1.82, 2.24) is 13.9 Å². The number of sulfonamides is 1. The van der Waals surface area contributed by atoms with Crippen LogP contribution in [0.15, 0.2) is 76.4 Å². The Labute approximate surface area is 198 Å². The van der Waals surface area contributed by atoms with Gasteiger partial charge in [0.2, 0.25) is 10.0 Å². The quantitative estimate of drug-likeness (QED) is 0.394. The number of benzene rings is 3. The number of fused-ring (bicyclic) bond motifs is 1. The topological polar surface area (TPSA) is 72.3 Å². The number of aromatic nitrogens is 2. The summed E-state index contributed by atoms with van der Waals surface area (Å²) in [6.07, 6.45) is 0. The van der Waals surface area contributed by atoms with Gasteiger partial charge in [0.15, 0.2) is 0 Å². The maximum Gasteiger partial charge on any atom is 0.266 e. The number of nitrogens with zero attached hydrogens (tertiary/aromatic N) is 3. The van der Waals surface area contributed by atoms with Gasteiger partial charge < -0.3 is 0 Å². The lowest BCUT2D eigenvalue weighted by Crippen LogP contribution is -2.37. The van der Waals surface area contributed by atoms with Gasteiger partial charge in [0.25, 0.3) is 5.56 Å². The minimum atomic E-state index is -3.98. The zero-order valence-electron chi connectivity index (χ0n) is 19.5. The zero-order valence-corrected chi connectivity index (χ0v) is 20.3. The highest BCUT2D eigenvalue weighted by Gasteiger charge is 2.32. The first-order chi connectivity index (χ1) is 16.1. The molecule has 0 saturated heterocycles. The molecule has 0 saturated carbocycles. The van der Waals surface area contributed by atoms with Crippen molar-refractivity contribution in [3.8, 4) is 5.69 Å².